The van der Waals surface area contributed by atoms with Gasteiger partial charge < -0.3 is 14.6 Å². The number of aryl methyl sites for hydroxylation is 1. The first-order valence-corrected chi connectivity index (χ1v) is 8.64. The highest BCUT2D eigenvalue weighted by molar-refractivity contribution is 5.88. The van der Waals surface area contributed by atoms with Gasteiger partial charge in [-0.1, -0.05) is 19.1 Å². The third-order valence-electron chi connectivity index (χ3n) is 4.70. The van der Waals surface area contributed by atoms with E-state index < -0.39 is 0 Å². The maximum atomic E-state index is 12.4. The summed E-state index contributed by atoms with van der Waals surface area (Å²) < 4.78 is 5.58. The number of hydrogen-bond donors (Lipinski definition) is 1. The van der Waals surface area contributed by atoms with E-state index in [1.54, 1.807) is 6.26 Å². The van der Waals surface area contributed by atoms with E-state index in [-0.39, 0.29) is 11.9 Å². The molecule has 1 aromatic heterocycles. The summed E-state index contributed by atoms with van der Waals surface area (Å²) in [7, 11) is 0. The second-order valence-corrected chi connectivity index (χ2v) is 6.62. The summed E-state index contributed by atoms with van der Waals surface area (Å²) in [5.41, 5.74) is 2.99. The lowest BCUT2D eigenvalue weighted by Crippen LogP contribution is -2.43. The van der Waals surface area contributed by atoms with Gasteiger partial charge in [0.05, 0.1) is 12.7 Å². The summed E-state index contributed by atoms with van der Waals surface area (Å²) in [5, 5.41) is 4.23. The Morgan fingerprint density at radius 1 is 1.35 bits per heavy atom. The minimum Gasteiger partial charge on any atom is -0.464 e. The zero-order chi connectivity index (χ0) is 16.2. The Labute approximate surface area is 137 Å². The van der Waals surface area contributed by atoms with E-state index in [1.807, 2.05) is 19.1 Å². The number of benzene rings is 1. The lowest BCUT2D eigenvalue weighted by molar-refractivity contribution is -0.121. The molecule has 0 unspecified atom stereocenters. The van der Waals surface area contributed by atoms with Crippen LogP contribution >= 0.6 is 0 Å². The Balaban J connectivity index is 1.60. The van der Waals surface area contributed by atoms with Gasteiger partial charge in [0.25, 0.3) is 0 Å². The van der Waals surface area contributed by atoms with Crippen molar-refractivity contribution in [1.82, 2.24) is 10.2 Å². The Bertz CT molecular complexity index is 671. The summed E-state index contributed by atoms with van der Waals surface area (Å²) in [6, 6.07) is 6.35. The number of carbonyl (C=O) groups excluding carboxylic acids is 1. The lowest BCUT2D eigenvalue weighted by atomic mass is 10.1. The second-order valence-electron chi connectivity index (χ2n) is 6.62. The van der Waals surface area contributed by atoms with E-state index in [1.165, 1.54) is 18.4 Å². The number of hydrogen-bond acceptors (Lipinski definition) is 3. The second kappa shape index (κ2) is 7.18. The summed E-state index contributed by atoms with van der Waals surface area (Å²) in [4.78, 5) is 14.8. The molecule has 4 nitrogen and oxygen atoms in total. The zero-order valence-corrected chi connectivity index (χ0v) is 14.1. The fourth-order valence-electron chi connectivity index (χ4n) is 3.33. The number of furan rings is 1. The molecule has 4 heteroatoms. The van der Waals surface area contributed by atoms with Gasteiger partial charge in [0.2, 0.25) is 5.91 Å². The van der Waals surface area contributed by atoms with Crippen molar-refractivity contribution in [2.24, 2.45) is 0 Å². The van der Waals surface area contributed by atoms with E-state index in [9.17, 15) is 4.79 Å². The van der Waals surface area contributed by atoms with E-state index in [2.05, 4.69) is 23.2 Å². The molecule has 124 valence electrons. The fourth-order valence-corrected chi connectivity index (χ4v) is 3.33. The van der Waals surface area contributed by atoms with Crippen molar-refractivity contribution >= 4 is 16.9 Å². The monoisotopic (exact) mass is 314 g/mol. The summed E-state index contributed by atoms with van der Waals surface area (Å²) in [6.45, 7) is 7.47. The summed E-state index contributed by atoms with van der Waals surface area (Å²) in [5.74, 6) is 0.0827. The first-order valence-electron chi connectivity index (χ1n) is 8.64. The Hall–Kier alpha value is -1.81. The molecule has 1 atom stereocenters. The Morgan fingerprint density at radius 2 is 2.13 bits per heavy atom. The number of nitrogens with zero attached hydrogens (tertiary/aromatic N) is 1. The highest BCUT2D eigenvalue weighted by Gasteiger charge is 2.18. The molecular weight excluding hydrogens is 288 g/mol. The molecule has 1 aliphatic rings. The number of likely N-dealkylation sites (tertiary alicyclic amines) is 1. The molecule has 0 saturated carbocycles. The number of carbonyl (C=O) groups is 1. The summed E-state index contributed by atoms with van der Waals surface area (Å²) >= 11 is 0. The third-order valence-corrected chi connectivity index (χ3v) is 4.70. The molecule has 0 bridgehead atoms. The van der Waals surface area contributed by atoms with Crippen molar-refractivity contribution in [2.75, 3.05) is 19.6 Å². The molecule has 1 aliphatic heterocycles. The van der Waals surface area contributed by atoms with Crippen LogP contribution in [0.25, 0.3) is 11.0 Å². The SMILES string of the molecule is CC[C@H](CN1CCCC1)NC(=O)Cc1coc2cc(C)ccc12. The number of fused-ring (bicyclic) bond motifs is 1. The molecule has 0 radical (unpaired) electrons. The van der Waals surface area contributed by atoms with Crippen molar-refractivity contribution in [1.29, 1.82) is 0 Å². The molecule has 1 aromatic carbocycles. The van der Waals surface area contributed by atoms with Crippen LogP contribution in [0.15, 0.2) is 28.9 Å². The topological polar surface area (TPSA) is 45.5 Å². The van der Waals surface area contributed by atoms with Gasteiger partial charge in [0.15, 0.2) is 0 Å². The molecule has 1 fully saturated rings. The average Bonchev–Trinajstić information content (AvgIpc) is 3.16. The fraction of sp³-hybridized carbons (Fsp3) is 0.526. The van der Waals surface area contributed by atoms with Crippen LogP contribution in [0.5, 0.6) is 0 Å². The van der Waals surface area contributed by atoms with Crippen molar-refractivity contribution < 1.29 is 9.21 Å². The molecule has 3 rings (SSSR count). The van der Waals surface area contributed by atoms with Crippen LogP contribution in [0.1, 0.15) is 37.3 Å². The molecule has 0 spiro atoms. The van der Waals surface area contributed by atoms with E-state index >= 15 is 0 Å². The van der Waals surface area contributed by atoms with Crippen LogP contribution in [0.4, 0.5) is 0 Å². The minimum atomic E-state index is 0.0827. The lowest BCUT2D eigenvalue weighted by Gasteiger charge is -2.23. The highest BCUT2D eigenvalue weighted by atomic mass is 16.3. The quantitative estimate of drug-likeness (QED) is 0.890. The standard InChI is InChI=1S/C19H26N2O2/c1-3-16(12-21-8-4-5-9-21)20-19(22)11-15-13-23-18-10-14(2)6-7-17(15)18/h6-7,10,13,16H,3-5,8-9,11-12H2,1-2H3,(H,20,22)/t16-/m1/s1. The van der Waals surface area contributed by atoms with Crippen LogP contribution < -0.4 is 5.32 Å². The van der Waals surface area contributed by atoms with Crippen LogP contribution in [-0.2, 0) is 11.2 Å². The average molecular weight is 314 g/mol. The predicted octanol–water partition coefficient (Wildman–Crippen LogP) is 3.27. The van der Waals surface area contributed by atoms with Crippen LogP contribution in [0.2, 0.25) is 0 Å². The van der Waals surface area contributed by atoms with Gasteiger partial charge in [0, 0.05) is 23.5 Å². The van der Waals surface area contributed by atoms with Crippen LogP contribution in [-0.4, -0.2) is 36.5 Å². The number of rotatable bonds is 6. The van der Waals surface area contributed by atoms with Gasteiger partial charge >= 0.3 is 0 Å². The molecule has 1 N–H and O–H groups in total. The molecule has 1 amide bonds. The zero-order valence-electron chi connectivity index (χ0n) is 14.1. The predicted molar refractivity (Wildman–Crippen MR) is 92.6 cm³/mol. The maximum Gasteiger partial charge on any atom is 0.224 e. The molecule has 23 heavy (non-hydrogen) atoms. The smallest absolute Gasteiger partial charge is 0.224 e. The Morgan fingerprint density at radius 3 is 2.87 bits per heavy atom. The van der Waals surface area contributed by atoms with Crippen LogP contribution in [0, 0.1) is 6.92 Å². The van der Waals surface area contributed by atoms with Gasteiger partial charge in [-0.2, -0.15) is 0 Å². The van der Waals surface area contributed by atoms with Crippen LogP contribution in [0.3, 0.4) is 0 Å². The largest absolute Gasteiger partial charge is 0.464 e. The molecule has 1 saturated heterocycles. The number of nitrogens with one attached hydrogen (secondary N) is 1. The van der Waals surface area contributed by atoms with Gasteiger partial charge in [-0.05, 0) is 50.9 Å². The summed E-state index contributed by atoms with van der Waals surface area (Å²) in [6.07, 6.45) is 5.63. The third kappa shape index (κ3) is 3.94. The van der Waals surface area contributed by atoms with Gasteiger partial charge in [-0.3, -0.25) is 4.79 Å². The molecule has 2 heterocycles. The molecule has 2 aromatic rings. The van der Waals surface area contributed by atoms with Gasteiger partial charge in [-0.15, -0.1) is 0 Å². The molecular formula is C19H26N2O2. The van der Waals surface area contributed by atoms with Crippen molar-refractivity contribution in [2.45, 2.75) is 45.6 Å². The first-order chi connectivity index (χ1) is 11.2. The van der Waals surface area contributed by atoms with Crippen molar-refractivity contribution in [3.63, 3.8) is 0 Å². The minimum absolute atomic E-state index is 0.0827. The first kappa shape index (κ1) is 16.1. The maximum absolute atomic E-state index is 12.4. The van der Waals surface area contributed by atoms with E-state index in [4.69, 9.17) is 4.42 Å². The molecule has 0 aliphatic carbocycles. The number of amides is 1. The normalized spacial score (nSPS) is 16.8. The van der Waals surface area contributed by atoms with E-state index in [0.29, 0.717) is 6.42 Å². The van der Waals surface area contributed by atoms with Gasteiger partial charge in [0.1, 0.15) is 5.58 Å². The van der Waals surface area contributed by atoms with E-state index in [0.717, 1.165) is 42.6 Å². The van der Waals surface area contributed by atoms with Crippen molar-refractivity contribution in [3.05, 3.63) is 35.6 Å². The Kier molecular flexibility index (Phi) is 5.01. The van der Waals surface area contributed by atoms with Crippen molar-refractivity contribution in [3.8, 4) is 0 Å². The highest BCUT2D eigenvalue weighted by Crippen LogP contribution is 2.22. The van der Waals surface area contributed by atoms with Gasteiger partial charge in [-0.25, -0.2) is 0 Å².